The molecule has 3 rings (SSSR count). The summed E-state index contributed by atoms with van der Waals surface area (Å²) >= 11 is 0. The summed E-state index contributed by atoms with van der Waals surface area (Å²) in [6, 6.07) is 9.51. The highest BCUT2D eigenvalue weighted by Crippen LogP contribution is 2.38. The van der Waals surface area contributed by atoms with Gasteiger partial charge in [0.05, 0.1) is 6.04 Å². The maximum Gasteiger partial charge on any atom is 0.410 e. The lowest BCUT2D eigenvalue weighted by Gasteiger charge is -2.41. The Morgan fingerprint density at radius 1 is 1.29 bits per heavy atom. The third kappa shape index (κ3) is 3.72. The number of hydrogen-bond acceptors (Lipinski definition) is 3. The van der Waals surface area contributed by atoms with Gasteiger partial charge < -0.3 is 10.1 Å². The third-order valence-corrected chi connectivity index (χ3v) is 4.84. The van der Waals surface area contributed by atoms with Gasteiger partial charge in [0.1, 0.15) is 11.8 Å². The van der Waals surface area contributed by atoms with Crippen LogP contribution in [0.4, 0.5) is 9.18 Å². The number of piperidine rings is 1. The molecule has 2 saturated heterocycles. The largest absolute Gasteiger partial charge is 0.444 e. The predicted molar refractivity (Wildman–Crippen MR) is 91.5 cm³/mol. The van der Waals surface area contributed by atoms with E-state index in [1.165, 1.54) is 0 Å². The van der Waals surface area contributed by atoms with E-state index < -0.39 is 11.8 Å². The highest BCUT2D eigenvalue weighted by molar-refractivity contribution is 5.70. The molecule has 2 heterocycles. The smallest absolute Gasteiger partial charge is 0.410 e. The van der Waals surface area contributed by atoms with Crippen molar-refractivity contribution in [3.05, 3.63) is 35.9 Å². The Balaban J connectivity index is 1.62. The van der Waals surface area contributed by atoms with E-state index in [1.54, 1.807) is 4.90 Å². The summed E-state index contributed by atoms with van der Waals surface area (Å²) in [4.78, 5) is 14.1. The average Bonchev–Trinajstić information content (AvgIpc) is 2.87. The van der Waals surface area contributed by atoms with Gasteiger partial charge in [0.15, 0.2) is 0 Å². The monoisotopic (exact) mass is 334 g/mol. The molecular weight excluding hydrogens is 307 g/mol. The first kappa shape index (κ1) is 17.2. The number of amides is 1. The summed E-state index contributed by atoms with van der Waals surface area (Å²) in [5.74, 6) is 0. The molecule has 1 amide bonds. The molecule has 1 aromatic rings. The lowest BCUT2D eigenvalue weighted by molar-refractivity contribution is -0.0135. The molecule has 0 saturated carbocycles. The van der Waals surface area contributed by atoms with Gasteiger partial charge in [-0.1, -0.05) is 30.3 Å². The quantitative estimate of drug-likeness (QED) is 0.917. The number of carbonyl (C=O) groups is 1. The van der Waals surface area contributed by atoms with Crippen molar-refractivity contribution in [1.29, 1.82) is 0 Å². The van der Waals surface area contributed by atoms with Crippen molar-refractivity contribution in [1.82, 2.24) is 10.2 Å². The molecule has 0 aliphatic carbocycles. The van der Waals surface area contributed by atoms with E-state index in [0.717, 1.165) is 12.0 Å². The number of halogens is 1. The molecule has 2 fully saturated rings. The van der Waals surface area contributed by atoms with Crippen molar-refractivity contribution in [2.75, 3.05) is 0 Å². The standard InChI is InChI=1S/C19H27FN2O2/c1-19(2,3)24-18(23)22-14-9-10-16(22)17(20)15(11-14)21-12-13-7-5-4-6-8-13/h4-8,14-17,21H,9-12H2,1-3H3/t14-,15-,16+,17-/m1/s1. The van der Waals surface area contributed by atoms with Crippen LogP contribution in [0.15, 0.2) is 30.3 Å². The van der Waals surface area contributed by atoms with Crippen molar-refractivity contribution < 1.29 is 13.9 Å². The van der Waals surface area contributed by atoms with Gasteiger partial charge >= 0.3 is 6.09 Å². The zero-order valence-electron chi connectivity index (χ0n) is 14.7. The maximum absolute atomic E-state index is 15.0. The second-order valence-corrected chi connectivity index (χ2v) is 7.84. The summed E-state index contributed by atoms with van der Waals surface area (Å²) in [7, 11) is 0. The Hall–Kier alpha value is -1.62. The van der Waals surface area contributed by atoms with Gasteiger partial charge in [0, 0.05) is 18.6 Å². The number of alkyl halides is 1. The Kier molecular flexibility index (Phi) is 4.81. The van der Waals surface area contributed by atoms with Crippen LogP contribution < -0.4 is 5.32 Å². The van der Waals surface area contributed by atoms with E-state index in [0.29, 0.717) is 19.4 Å². The van der Waals surface area contributed by atoms with Gasteiger partial charge in [-0.05, 0) is 45.6 Å². The minimum Gasteiger partial charge on any atom is -0.444 e. The molecule has 1 N–H and O–H groups in total. The number of benzene rings is 1. The molecule has 24 heavy (non-hydrogen) atoms. The first-order valence-electron chi connectivity index (χ1n) is 8.78. The van der Waals surface area contributed by atoms with Crippen LogP contribution in [0.1, 0.15) is 45.6 Å². The van der Waals surface area contributed by atoms with Gasteiger partial charge in [-0.15, -0.1) is 0 Å². The van der Waals surface area contributed by atoms with Crippen LogP contribution in [0.5, 0.6) is 0 Å². The number of nitrogens with zero attached hydrogens (tertiary/aromatic N) is 1. The lowest BCUT2D eigenvalue weighted by Crippen LogP contribution is -2.59. The topological polar surface area (TPSA) is 41.6 Å². The lowest BCUT2D eigenvalue weighted by atomic mass is 9.95. The molecule has 132 valence electrons. The summed E-state index contributed by atoms with van der Waals surface area (Å²) in [6.45, 7) is 6.17. The average molecular weight is 334 g/mol. The molecule has 2 bridgehead atoms. The first-order chi connectivity index (χ1) is 11.3. The fraction of sp³-hybridized carbons (Fsp3) is 0.632. The van der Waals surface area contributed by atoms with E-state index in [4.69, 9.17) is 4.74 Å². The van der Waals surface area contributed by atoms with Crippen LogP contribution in [0.25, 0.3) is 0 Å². The summed E-state index contributed by atoms with van der Waals surface area (Å²) in [5, 5.41) is 3.34. The van der Waals surface area contributed by atoms with Gasteiger partial charge in [-0.3, -0.25) is 4.90 Å². The minimum absolute atomic E-state index is 0.0742. The molecule has 1 aromatic carbocycles. The zero-order chi connectivity index (χ0) is 17.3. The molecule has 0 radical (unpaired) electrons. The number of fused-ring (bicyclic) bond motifs is 2. The fourth-order valence-corrected chi connectivity index (χ4v) is 3.79. The van der Waals surface area contributed by atoms with Gasteiger partial charge in [0.25, 0.3) is 0 Å². The van der Waals surface area contributed by atoms with Crippen molar-refractivity contribution in [2.24, 2.45) is 0 Å². The Labute approximate surface area is 143 Å². The van der Waals surface area contributed by atoms with Gasteiger partial charge in [-0.2, -0.15) is 0 Å². The normalized spacial score (nSPS) is 29.6. The molecule has 0 spiro atoms. The molecule has 2 aliphatic heterocycles. The molecule has 2 aliphatic rings. The molecule has 4 atom stereocenters. The Morgan fingerprint density at radius 2 is 2.00 bits per heavy atom. The van der Waals surface area contributed by atoms with Crippen molar-refractivity contribution in [3.63, 3.8) is 0 Å². The van der Waals surface area contributed by atoms with E-state index >= 15 is 0 Å². The van der Waals surface area contributed by atoms with Gasteiger partial charge in [0.2, 0.25) is 0 Å². The second-order valence-electron chi connectivity index (χ2n) is 7.84. The first-order valence-corrected chi connectivity index (χ1v) is 8.78. The Bertz CT molecular complexity index is 572. The third-order valence-electron chi connectivity index (χ3n) is 4.84. The highest BCUT2D eigenvalue weighted by atomic mass is 19.1. The SMILES string of the molecule is CC(C)(C)OC(=O)N1[C@@H]2CC[C@H]1[C@H](F)[C@H](NCc1ccccc1)C2. The Morgan fingerprint density at radius 3 is 2.67 bits per heavy atom. The number of nitrogens with one attached hydrogen (secondary N) is 1. The van der Waals surface area contributed by atoms with Crippen molar-refractivity contribution in [3.8, 4) is 0 Å². The second kappa shape index (κ2) is 6.71. The summed E-state index contributed by atoms with van der Waals surface area (Å²) in [5.41, 5.74) is 0.594. The van der Waals surface area contributed by atoms with Crippen LogP contribution in [0.2, 0.25) is 0 Å². The van der Waals surface area contributed by atoms with E-state index in [9.17, 15) is 9.18 Å². The number of hydrogen-bond donors (Lipinski definition) is 1. The number of carbonyl (C=O) groups excluding carboxylic acids is 1. The highest BCUT2D eigenvalue weighted by Gasteiger charge is 2.50. The van der Waals surface area contributed by atoms with Crippen LogP contribution in [0.3, 0.4) is 0 Å². The minimum atomic E-state index is -1.06. The molecule has 5 heteroatoms. The van der Waals surface area contributed by atoms with Crippen LogP contribution in [0, 0.1) is 0 Å². The molecule has 0 unspecified atom stereocenters. The van der Waals surface area contributed by atoms with Crippen LogP contribution in [-0.4, -0.2) is 40.9 Å². The van der Waals surface area contributed by atoms with E-state index in [-0.39, 0.29) is 24.2 Å². The fourth-order valence-electron chi connectivity index (χ4n) is 3.79. The van der Waals surface area contributed by atoms with E-state index in [2.05, 4.69) is 5.32 Å². The molecular formula is C19H27FN2O2. The van der Waals surface area contributed by atoms with Gasteiger partial charge in [-0.25, -0.2) is 9.18 Å². The molecule has 4 nitrogen and oxygen atoms in total. The van der Waals surface area contributed by atoms with Crippen molar-refractivity contribution >= 4 is 6.09 Å². The van der Waals surface area contributed by atoms with Crippen molar-refractivity contribution in [2.45, 2.75) is 76.5 Å². The van der Waals surface area contributed by atoms with Crippen LogP contribution >= 0.6 is 0 Å². The number of rotatable bonds is 3. The van der Waals surface area contributed by atoms with E-state index in [1.807, 2.05) is 51.1 Å². The van der Waals surface area contributed by atoms with Crippen LogP contribution in [-0.2, 0) is 11.3 Å². The molecule has 0 aromatic heterocycles. The predicted octanol–water partition coefficient (Wildman–Crippen LogP) is 3.65. The zero-order valence-corrected chi connectivity index (χ0v) is 14.7. The number of ether oxygens (including phenoxy) is 1. The summed E-state index contributed by atoms with van der Waals surface area (Å²) in [6.07, 6.45) is 0.783. The summed E-state index contributed by atoms with van der Waals surface area (Å²) < 4.78 is 20.4. The maximum atomic E-state index is 15.0.